The number of aromatic hydroxyl groups is 1. The minimum atomic E-state index is -1.30. The van der Waals surface area contributed by atoms with E-state index >= 15 is 0 Å². The lowest BCUT2D eigenvalue weighted by molar-refractivity contribution is -0.134. The van der Waals surface area contributed by atoms with Crippen LogP contribution in [0, 0.1) is 11.8 Å². The molecule has 0 spiro atoms. The molecule has 0 aliphatic carbocycles. The Bertz CT molecular complexity index is 1720. The smallest absolute Gasteiger partial charge is 0.243 e. The Hall–Kier alpha value is -6.08. The van der Waals surface area contributed by atoms with Crippen LogP contribution >= 0.6 is 0 Å². The number of phenols is 1. The summed E-state index contributed by atoms with van der Waals surface area (Å²) in [6.07, 6.45) is 0.216. The van der Waals surface area contributed by atoms with Crippen molar-refractivity contribution in [2.75, 3.05) is 19.7 Å². The highest BCUT2D eigenvalue weighted by Crippen LogP contribution is 2.12. The number of phenolic OH excluding ortho intramolecular Hbond substituents is 1. The second kappa shape index (κ2) is 23.9. The highest BCUT2D eigenvalue weighted by atomic mass is 16.3. The standard InChI is InChI=1S/C39H57N9O10/c1-21(2)15-28(34(41)53)45-31(51)18-42-37(56)29(16-24-9-7-6-8-10-24)46-32(52)19-43-38(57)30(17-25-11-13-26(50)14-12-25)47-35(54)23(5)44-39(58)33(22(3)4)48-36(55)27(40)20-49/h6-14,21-23,27-30,33,49-50H,15-20,40H2,1-5H3,(H2,41,53)(H,42,56)(H,43,57)(H,44,58)(H,45,51)(H,46,52)(H,47,54)(H,48,55). The molecule has 318 valence electrons. The Labute approximate surface area is 337 Å². The summed E-state index contributed by atoms with van der Waals surface area (Å²) in [5, 5.41) is 36.4. The van der Waals surface area contributed by atoms with Gasteiger partial charge in [0, 0.05) is 12.8 Å². The summed E-state index contributed by atoms with van der Waals surface area (Å²) in [6, 6.07) is 7.51. The van der Waals surface area contributed by atoms with Gasteiger partial charge in [-0.05, 0) is 48.4 Å². The van der Waals surface area contributed by atoms with Gasteiger partial charge in [0.2, 0.25) is 47.3 Å². The van der Waals surface area contributed by atoms with Crippen molar-refractivity contribution >= 4 is 47.3 Å². The largest absolute Gasteiger partial charge is 0.508 e. The maximum Gasteiger partial charge on any atom is 0.243 e. The van der Waals surface area contributed by atoms with Gasteiger partial charge in [-0.2, -0.15) is 0 Å². The predicted octanol–water partition coefficient (Wildman–Crippen LogP) is -2.64. The topological polar surface area (TPSA) is 313 Å². The van der Waals surface area contributed by atoms with Crippen LogP contribution in [-0.2, 0) is 51.2 Å². The van der Waals surface area contributed by atoms with E-state index in [9.17, 15) is 48.6 Å². The molecule has 0 fully saturated rings. The Kier molecular flexibility index (Phi) is 19.8. The quantitative estimate of drug-likeness (QED) is 0.0551. The molecule has 2 rings (SSSR count). The molecule has 0 aliphatic heterocycles. The van der Waals surface area contributed by atoms with Gasteiger partial charge >= 0.3 is 0 Å². The van der Waals surface area contributed by atoms with Crippen LogP contribution in [0.3, 0.4) is 0 Å². The lowest BCUT2D eigenvalue weighted by Crippen LogP contribution is -2.59. The van der Waals surface area contributed by atoms with Crippen LogP contribution in [0.1, 0.15) is 52.2 Å². The van der Waals surface area contributed by atoms with Gasteiger partial charge < -0.3 is 58.9 Å². The molecule has 8 amide bonds. The number of benzene rings is 2. The van der Waals surface area contributed by atoms with Crippen molar-refractivity contribution in [1.82, 2.24) is 37.2 Å². The molecule has 0 heterocycles. The van der Waals surface area contributed by atoms with Gasteiger partial charge in [-0.15, -0.1) is 0 Å². The molecule has 6 atom stereocenters. The molecule has 0 radical (unpaired) electrons. The van der Waals surface area contributed by atoms with Gasteiger partial charge in [-0.25, -0.2) is 0 Å². The van der Waals surface area contributed by atoms with Crippen molar-refractivity contribution in [2.24, 2.45) is 23.3 Å². The Morgan fingerprint density at radius 2 is 1.10 bits per heavy atom. The van der Waals surface area contributed by atoms with E-state index in [1.165, 1.54) is 31.2 Å². The summed E-state index contributed by atoms with van der Waals surface area (Å²) >= 11 is 0. The zero-order valence-electron chi connectivity index (χ0n) is 33.4. The molecule has 0 aliphatic rings. The molecule has 6 unspecified atom stereocenters. The maximum absolute atomic E-state index is 13.5. The molecule has 19 nitrogen and oxygen atoms in total. The zero-order valence-corrected chi connectivity index (χ0v) is 33.4. The van der Waals surface area contributed by atoms with Crippen molar-refractivity contribution in [3.8, 4) is 5.75 Å². The van der Waals surface area contributed by atoms with Crippen molar-refractivity contribution in [1.29, 1.82) is 0 Å². The van der Waals surface area contributed by atoms with Crippen LogP contribution in [0.25, 0.3) is 0 Å². The minimum absolute atomic E-state index is 0.0178. The van der Waals surface area contributed by atoms with E-state index < -0.39 is 109 Å². The van der Waals surface area contributed by atoms with Crippen LogP contribution in [0.15, 0.2) is 54.6 Å². The first-order valence-corrected chi connectivity index (χ1v) is 18.8. The number of hydrogen-bond acceptors (Lipinski definition) is 11. The van der Waals surface area contributed by atoms with Gasteiger partial charge in [-0.1, -0.05) is 70.2 Å². The summed E-state index contributed by atoms with van der Waals surface area (Å²) in [7, 11) is 0. The highest BCUT2D eigenvalue weighted by Gasteiger charge is 2.31. The molecule has 13 N–H and O–H groups in total. The first-order chi connectivity index (χ1) is 27.3. The normalized spacial score (nSPS) is 14.1. The van der Waals surface area contributed by atoms with Crippen LogP contribution < -0.4 is 48.7 Å². The third-order valence-electron chi connectivity index (χ3n) is 8.71. The van der Waals surface area contributed by atoms with E-state index in [1.54, 1.807) is 44.2 Å². The van der Waals surface area contributed by atoms with Crippen molar-refractivity contribution < 1.29 is 48.6 Å². The number of amides is 8. The Morgan fingerprint density at radius 3 is 1.59 bits per heavy atom. The summed E-state index contributed by atoms with van der Waals surface area (Å²) in [5.41, 5.74) is 12.2. The average Bonchev–Trinajstić information content (AvgIpc) is 3.17. The van der Waals surface area contributed by atoms with Gasteiger partial charge in [-0.3, -0.25) is 38.4 Å². The fraction of sp³-hybridized carbons (Fsp3) is 0.487. The summed E-state index contributed by atoms with van der Waals surface area (Å²) in [6.45, 7) is 6.58. The molecule has 2 aromatic rings. The average molecular weight is 812 g/mol. The number of aliphatic hydroxyl groups excluding tert-OH is 1. The first-order valence-electron chi connectivity index (χ1n) is 18.8. The fourth-order valence-electron chi connectivity index (χ4n) is 5.47. The number of hydrogen-bond donors (Lipinski definition) is 11. The molecule has 0 saturated heterocycles. The molecule has 0 aromatic heterocycles. The van der Waals surface area contributed by atoms with E-state index in [2.05, 4.69) is 37.2 Å². The molecular formula is C39H57N9O10. The molecule has 58 heavy (non-hydrogen) atoms. The van der Waals surface area contributed by atoms with Gasteiger partial charge in [0.05, 0.1) is 19.7 Å². The van der Waals surface area contributed by atoms with Crippen molar-refractivity contribution in [2.45, 2.75) is 90.1 Å². The number of carbonyl (C=O) groups is 8. The Balaban J connectivity index is 2.16. The number of primary amides is 1. The summed E-state index contributed by atoms with van der Waals surface area (Å²) in [4.78, 5) is 103. The van der Waals surface area contributed by atoms with E-state index in [-0.39, 0.29) is 24.5 Å². The van der Waals surface area contributed by atoms with Gasteiger partial charge in [0.1, 0.15) is 42.0 Å². The number of nitrogens with two attached hydrogens (primary N) is 2. The van der Waals surface area contributed by atoms with Crippen molar-refractivity contribution in [3.63, 3.8) is 0 Å². The third kappa shape index (κ3) is 17.0. The van der Waals surface area contributed by atoms with E-state index in [0.29, 0.717) is 17.5 Å². The minimum Gasteiger partial charge on any atom is -0.508 e. The number of carbonyl (C=O) groups excluding carboxylic acids is 8. The van der Waals surface area contributed by atoms with Crippen LogP contribution in [0.2, 0.25) is 0 Å². The van der Waals surface area contributed by atoms with E-state index in [0.717, 1.165) is 0 Å². The van der Waals surface area contributed by atoms with Gasteiger partial charge in [0.25, 0.3) is 0 Å². The fourth-order valence-corrected chi connectivity index (χ4v) is 5.47. The second-order valence-electron chi connectivity index (χ2n) is 14.6. The predicted molar refractivity (Wildman–Crippen MR) is 212 cm³/mol. The lowest BCUT2D eigenvalue weighted by Gasteiger charge is -2.26. The lowest BCUT2D eigenvalue weighted by atomic mass is 10.0. The molecule has 2 aromatic carbocycles. The summed E-state index contributed by atoms with van der Waals surface area (Å²) < 4.78 is 0. The molecule has 19 heteroatoms. The number of rotatable bonds is 23. The SMILES string of the molecule is CC(C)CC(NC(=O)CNC(=O)C(Cc1ccccc1)NC(=O)CNC(=O)C(Cc1ccc(O)cc1)NC(=O)C(C)NC(=O)C(NC(=O)C(N)CO)C(C)C)C(N)=O. The van der Waals surface area contributed by atoms with Crippen LogP contribution in [0.5, 0.6) is 5.75 Å². The van der Waals surface area contributed by atoms with Crippen molar-refractivity contribution in [3.05, 3.63) is 65.7 Å². The summed E-state index contributed by atoms with van der Waals surface area (Å²) in [5.74, 6) is -6.38. The first kappa shape index (κ1) is 48.1. The molecular weight excluding hydrogens is 754 g/mol. The van der Waals surface area contributed by atoms with Crippen LogP contribution in [0.4, 0.5) is 0 Å². The highest BCUT2D eigenvalue weighted by molar-refractivity contribution is 5.96. The molecule has 0 saturated carbocycles. The van der Waals surface area contributed by atoms with E-state index in [4.69, 9.17) is 11.5 Å². The molecule has 0 bridgehead atoms. The third-order valence-corrected chi connectivity index (χ3v) is 8.71. The second-order valence-corrected chi connectivity index (χ2v) is 14.6. The maximum atomic E-state index is 13.5. The van der Waals surface area contributed by atoms with E-state index in [1.807, 2.05) is 13.8 Å². The van der Waals surface area contributed by atoms with Gasteiger partial charge in [0.15, 0.2) is 0 Å². The Morgan fingerprint density at radius 1 is 0.603 bits per heavy atom. The monoisotopic (exact) mass is 811 g/mol. The number of aliphatic hydroxyl groups is 1. The van der Waals surface area contributed by atoms with Crippen LogP contribution in [-0.4, -0.2) is 113 Å². The number of nitrogens with one attached hydrogen (secondary N) is 7. The zero-order chi connectivity index (χ0) is 43.5.